The molecular weight excluding hydrogens is 506 g/mol. The number of nitrogens with zero attached hydrogens (tertiary/aromatic N) is 5. The van der Waals surface area contributed by atoms with Crippen molar-refractivity contribution in [3.63, 3.8) is 0 Å². The lowest BCUT2D eigenvalue weighted by atomic mass is 10.2. The van der Waals surface area contributed by atoms with Crippen molar-refractivity contribution in [3.8, 4) is 0 Å². The summed E-state index contributed by atoms with van der Waals surface area (Å²) < 4.78 is 6.76. The molecule has 2 fully saturated rings. The Morgan fingerprint density at radius 1 is 1.25 bits per heavy atom. The number of hydrogen-bond acceptors (Lipinski definition) is 9. The average molecular weight is 532 g/mol. The Labute approximate surface area is 216 Å². The number of thiocarbonyl (C=S) groups is 1. The summed E-state index contributed by atoms with van der Waals surface area (Å²) >= 11 is 6.30. The van der Waals surface area contributed by atoms with Gasteiger partial charge in [-0.15, -0.1) is 0 Å². The maximum atomic E-state index is 13.6. The topological polar surface area (TPSA) is 125 Å². The zero-order valence-corrected chi connectivity index (χ0v) is 21.4. The molecule has 4 heterocycles. The number of aliphatic carboxylic acids is 1. The number of carbonyl (C=O) groups is 3. The minimum Gasteiger partial charge on any atom is -0.481 e. The normalized spacial score (nSPS) is 17.4. The van der Waals surface area contributed by atoms with E-state index in [2.05, 4.69) is 0 Å². The van der Waals surface area contributed by atoms with Gasteiger partial charge in [0.15, 0.2) is 0 Å². The molecule has 190 valence electrons. The van der Waals surface area contributed by atoms with Crippen LogP contribution in [0.15, 0.2) is 28.0 Å². The summed E-state index contributed by atoms with van der Waals surface area (Å²) in [6.45, 7) is 5.48. The van der Waals surface area contributed by atoms with Crippen molar-refractivity contribution < 1.29 is 24.2 Å². The highest BCUT2D eigenvalue weighted by Crippen LogP contribution is 2.33. The van der Waals surface area contributed by atoms with Gasteiger partial charge in [0.25, 0.3) is 11.5 Å². The van der Waals surface area contributed by atoms with Gasteiger partial charge in [0.05, 0.1) is 23.5 Å². The molecule has 11 nitrogen and oxygen atoms in total. The van der Waals surface area contributed by atoms with Crippen molar-refractivity contribution >= 4 is 63.8 Å². The smallest absolute Gasteiger partial charge is 0.409 e. The van der Waals surface area contributed by atoms with Gasteiger partial charge in [0.2, 0.25) is 0 Å². The molecule has 0 unspecified atom stereocenters. The second kappa shape index (κ2) is 10.7. The SMILES string of the molecule is CCOC(=O)N1CCN(c2nc3c(C)cccn3c(=O)c2/C=C2/SC(=S)N(CCC(=O)O)C2=O)CC1. The van der Waals surface area contributed by atoms with Crippen molar-refractivity contribution in [2.45, 2.75) is 20.3 Å². The molecule has 0 aromatic carbocycles. The van der Waals surface area contributed by atoms with Crippen molar-refractivity contribution in [1.82, 2.24) is 19.2 Å². The molecule has 0 radical (unpaired) electrons. The molecule has 0 aliphatic carbocycles. The number of aromatic nitrogens is 2. The van der Waals surface area contributed by atoms with Crippen LogP contribution in [0.25, 0.3) is 11.7 Å². The number of hydrogen-bond donors (Lipinski definition) is 1. The molecule has 36 heavy (non-hydrogen) atoms. The summed E-state index contributed by atoms with van der Waals surface area (Å²) in [4.78, 5) is 59.4. The van der Waals surface area contributed by atoms with E-state index in [9.17, 15) is 19.2 Å². The van der Waals surface area contributed by atoms with Crippen LogP contribution in [-0.4, -0.2) is 85.9 Å². The Morgan fingerprint density at radius 3 is 2.64 bits per heavy atom. The Hall–Kier alpha value is -3.45. The summed E-state index contributed by atoms with van der Waals surface area (Å²) in [5.74, 6) is -1.07. The summed E-state index contributed by atoms with van der Waals surface area (Å²) in [6, 6.07) is 3.61. The minimum atomic E-state index is -1.04. The molecule has 4 rings (SSSR count). The molecule has 2 saturated heterocycles. The monoisotopic (exact) mass is 531 g/mol. The lowest BCUT2D eigenvalue weighted by molar-refractivity contribution is -0.137. The number of pyridine rings is 1. The highest BCUT2D eigenvalue weighted by Gasteiger charge is 2.33. The molecule has 1 N–H and O–H groups in total. The van der Waals surface area contributed by atoms with Crippen LogP contribution < -0.4 is 10.5 Å². The second-order valence-electron chi connectivity index (χ2n) is 8.19. The lowest BCUT2D eigenvalue weighted by Gasteiger charge is -2.35. The molecule has 2 amide bonds. The number of carboxylic acid groups (broad SMARTS) is 1. The van der Waals surface area contributed by atoms with Gasteiger partial charge >= 0.3 is 12.1 Å². The molecule has 0 atom stereocenters. The van der Waals surface area contributed by atoms with Crippen LogP contribution >= 0.6 is 24.0 Å². The van der Waals surface area contributed by atoms with Crippen LogP contribution in [-0.2, 0) is 14.3 Å². The fraction of sp³-hybridized carbons (Fsp3) is 0.391. The maximum Gasteiger partial charge on any atom is 0.409 e. The number of amides is 2. The van der Waals surface area contributed by atoms with E-state index in [1.165, 1.54) is 15.4 Å². The number of piperazine rings is 1. The maximum absolute atomic E-state index is 13.6. The van der Waals surface area contributed by atoms with E-state index >= 15 is 0 Å². The number of anilines is 1. The van der Waals surface area contributed by atoms with Crippen LogP contribution in [0.3, 0.4) is 0 Å². The summed E-state index contributed by atoms with van der Waals surface area (Å²) in [5, 5.41) is 8.98. The Morgan fingerprint density at radius 2 is 1.97 bits per heavy atom. The van der Waals surface area contributed by atoms with Crippen LogP contribution in [0, 0.1) is 6.92 Å². The van der Waals surface area contributed by atoms with E-state index in [-0.39, 0.29) is 46.0 Å². The molecule has 0 spiro atoms. The minimum absolute atomic E-state index is 0.0475. The standard InChI is InChI=1S/C23H25N5O6S2/c1-3-34-22(33)26-11-9-25(10-12-26)19-15(20(31)27-7-4-5-14(2)18(27)24-19)13-16-21(32)28(23(35)36-16)8-6-17(29)30/h4-5,7,13H,3,6,8-12H2,1-2H3,(H,29,30)/b16-13+. The van der Waals surface area contributed by atoms with Crippen molar-refractivity contribution in [3.05, 3.63) is 44.7 Å². The van der Waals surface area contributed by atoms with E-state index in [1.54, 1.807) is 24.1 Å². The van der Waals surface area contributed by atoms with Gasteiger partial charge in [0.1, 0.15) is 15.8 Å². The first-order chi connectivity index (χ1) is 17.2. The van der Waals surface area contributed by atoms with Gasteiger partial charge in [-0.2, -0.15) is 0 Å². The van der Waals surface area contributed by atoms with Gasteiger partial charge in [-0.05, 0) is 31.6 Å². The first-order valence-electron chi connectivity index (χ1n) is 11.4. The second-order valence-corrected chi connectivity index (χ2v) is 9.86. The highest BCUT2D eigenvalue weighted by molar-refractivity contribution is 8.26. The van der Waals surface area contributed by atoms with Gasteiger partial charge in [-0.25, -0.2) is 9.78 Å². The van der Waals surface area contributed by atoms with Crippen LogP contribution in [0.5, 0.6) is 0 Å². The molecule has 13 heteroatoms. The highest BCUT2D eigenvalue weighted by atomic mass is 32.2. The molecule has 0 bridgehead atoms. The molecule has 2 aromatic rings. The number of aryl methyl sites for hydroxylation is 1. The summed E-state index contributed by atoms with van der Waals surface area (Å²) in [5.41, 5.74) is 1.19. The van der Waals surface area contributed by atoms with E-state index in [4.69, 9.17) is 27.0 Å². The van der Waals surface area contributed by atoms with Crippen LogP contribution in [0.2, 0.25) is 0 Å². The van der Waals surface area contributed by atoms with Gasteiger partial charge in [-0.1, -0.05) is 30.0 Å². The Bertz CT molecular complexity index is 1330. The molecule has 2 aliphatic rings. The van der Waals surface area contributed by atoms with Crippen molar-refractivity contribution in [1.29, 1.82) is 0 Å². The summed E-state index contributed by atoms with van der Waals surface area (Å²) in [6.07, 6.45) is 2.48. The molecule has 2 aliphatic heterocycles. The predicted molar refractivity (Wildman–Crippen MR) is 139 cm³/mol. The largest absolute Gasteiger partial charge is 0.481 e. The van der Waals surface area contributed by atoms with E-state index in [0.717, 1.165) is 17.3 Å². The number of fused-ring (bicyclic) bond motifs is 1. The number of rotatable bonds is 6. The fourth-order valence-electron chi connectivity index (χ4n) is 4.01. The quantitative estimate of drug-likeness (QED) is 0.437. The van der Waals surface area contributed by atoms with E-state index in [1.807, 2.05) is 17.9 Å². The predicted octanol–water partition coefficient (Wildman–Crippen LogP) is 1.96. The molecule has 0 saturated carbocycles. The molecular formula is C23H25N5O6S2. The van der Waals surface area contributed by atoms with E-state index in [0.29, 0.717) is 37.6 Å². The van der Waals surface area contributed by atoms with Gasteiger partial charge in [0, 0.05) is 38.9 Å². The lowest BCUT2D eigenvalue weighted by Crippen LogP contribution is -2.49. The van der Waals surface area contributed by atoms with Gasteiger partial charge < -0.3 is 19.6 Å². The Balaban J connectivity index is 1.73. The first-order valence-corrected chi connectivity index (χ1v) is 12.6. The fourth-order valence-corrected chi connectivity index (χ4v) is 5.31. The molecule has 2 aromatic heterocycles. The van der Waals surface area contributed by atoms with Crippen LogP contribution in [0.1, 0.15) is 24.5 Å². The van der Waals surface area contributed by atoms with Crippen LogP contribution in [0.4, 0.5) is 10.6 Å². The average Bonchev–Trinajstić information content (AvgIpc) is 3.12. The van der Waals surface area contributed by atoms with Crippen molar-refractivity contribution in [2.75, 3.05) is 44.2 Å². The summed E-state index contributed by atoms with van der Waals surface area (Å²) in [7, 11) is 0. The number of carbonyl (C=O) groups excluding carboxylic acids is 2. The zero-order valence-electron chi connectivity index (χ0n) is 19.8. The number of thioether (sulfide) groups is 1. The number of ether oxygens (including phenoxy) is 1. The van der Waals surface area contributed by atoms with Gasteiger partial charge in [-0.3, -0.25) is 23.7 Å². The third kappa shape index (κ3) is 5.07. The third-order valence-corrected chi connectivity index (χ3v) is 7.25. The zero-order chi connectivity index (χ0) is 26.0. The van der Waals surface area contributed by atoms with E-state index < -0.39 is 11.9 Å². The van der Waals surface area contributed by atoms with Crippen molar-refractivity contribution in [2.24, 2.45) is 0 Å². The number of carboxylic acids is 1. The third-order valence-electron chi connectivity index (χ3n) is 5.87. The first kappa shape index (κ1) is 25.6. The Kier molecular flexibility index (Phi) is 7.59.